The van der Waals surface area contributed by atoms with Crippen molar-refractivity contribution in [3.05, 3.63) is 6.92 Å². The fourth-order valence-corrected chi connectivity index (χ4v) is 0.647. The second-order valence-electron chi connectivity index (χ2n) is 2.42. The first-order chi connectivity index (χ1) is 5.22. The fraction of sp³-hybridized carbons (Fsp3) is 0.750. The zero-order valence-electron chi connectivity index (χ0n) is 7.01. The normalized spacial score (nSPS) is 12.6. The van der Waals surface area contributed by atoms with Gasteiger partial charge in [-0.2, -0.15) is 0 Å². The van der Waals surface area contributed by atoms with E-state index in [2.05, 4.69) is 6.92 Å². The summed E-state index contributed by atoms with van der Waals surface area (Å²) in [6.45, 7) is 6.01. The van der Waals surface area contributed by atoms with E-state index < -0.39 is 6.04 Å². The maximum absolute atomic E-state index is 10.9. The lowest BCUT2D eigenvalue weighted by molar-refractivity contribution is -0.145. The number of ether oxygens (including phenoxy) is 1. The Kier molecular flexibility index (Phi) is 5.84. The third kappa shape index (κ3) is 4.79. The standard InChI is InChI=1S/C8H16NO2/c1-3-5-7(9)8(10)11-6-4-2/h7H,1,3-6,9H2,2H3. The fourth-order valence-electron chi connectivity index (χ4n) is 0.647. The summed E-state index contributed by atoms with van der Waals surface area (Å²) in [5, 5.41) is 0. The summed E-state index contributed by atoms with van der Waals surface area (Å²) in [5.41, 5.74) is 5.45. The first-order valence-electron chi connectivity index (χ1n) is 3.93. The van der Waals surface area contributed by atoms with Crippen LogP contribution in [0.1, 0.15) is 26.2 Å². The first-order valence-corrected chi connectivity index (χ1v) is 3.93. The molecule has 2 N–H and O–H groups in total. The molecule has 0 spiro atoms. The predicted octanol–water partition coefficient (Wildman–Crippen LogP) is 0.881. The maximum atomic E-state index is 10.9. The number of hydrogen-bond acceptors (Lipinski definition) is 3. The quantitative estimate of drug-likeness (QED) is 0.604. The van der Waals surface area contributed by atoms with Gasteiger partial charge in [-0.05, 0) is 12.8 Å². The molecule has 0 saturated carbocycles. The van der Waals surface area contributed by atoms with Gasteiger partial charge in [-0.1, -0.05) is 20.3 Å². The Morgan fingerprint density at radius 1 is 1.73 bits per heavy atom. The van der Waals surface area contributed by atoms with Crippen LogP contribution in [-0.2, 0) is 9.53 Å². The van der Waals surface area contributed by atoms with Gasteiger partial charge in [-0.15, -0.1) is 0 Å². The highest BCUT2D eigenvalue weighted by Gasteiger charge is 2.12. The van der Waals surface area contributed by atoms with Crippen molar-refractivity contribution in [1.82, 2.24) is 0 Å². The van der Waals surface area contributed by atoms with Crippen LogP contribution in [0.25, 0.3) is 0 Å². The Labute approximate surface area is 67.9 Å². The molecule has 3 heteroatoms. The third-order valence-electron chi connectivity index (χ3n) is 1.27. The second-order valence-corrected chi connectivity index (χ2v) is 2.42. The van der Waals surface area contributed by atoms with Crippen molar-refractivity contribution >= 4 is 5.97 Å². The van der Waals surface area contributed by atoms with Crippen LogP contribution in [0.2, 0.25) is 0 Å². The van der Waals surface area contributed by atoms with Gasteiger partial charge in [0.1, 0.15) is 6.04 Å². The van der Waals surface area contributed by atoms with Crippen LogP contribution in [0.3, 0.4) is 0 Å². The van der Waals surface area contributed by atoms with Crippen molar-refractivity contribution in [2.45, 2.75) is 32.2 Å². The van der Waals surface area contributed by atoms with Gasteiger partial charge in [0, 0.05) is 0 Å². The van der Waals surface area contributed by atoms with Gasteiger partial charge in [0.25, 0.3) is 0 Å². The number of esters is 1. The molecule has 0 rings (SSSR count). The van der Waals surface area contributed by atoms with E-state index in [9.17, 15) is 4.79 Å². The molecule has 0 amide bonds. The average molecular weight is 158 g/mol. The van der Waals surface area contributed by atoms with E-state index in [4.69, 9.17) is 10.5 Å². The van der Waals surface area contributed by atoms with E-state index in [-0.39, 0.29) is 5.97 Å². The van der Waals surface area contributed by atoms with E-state index in [1.54, 1.807) is 0 Å². The lowest BCUT2D eigenvalue weighted by atomic mass is 10.2. The van der Waals surface area contributed by atoms with Gasteiger partial charge >= 0.3 is 5.97 Å². The first kappa shape index (κ1) is 10.4. The molecular formula is C8H16NO2. The highest BCUT2D eigenvalue weighted by Crippen LogP contribution is 1.95. The summed E-state index contributed by atoms with van der Waals surface area (Å²) in [6.07, 6.45) is 2.10. The van der Waals surface area contributed by atoms with Gasteiger partial charge in [-0.3, -0.25) is 4.79 Å². The van der Waals surface area contributed by atoms with Crippen LogP contribution < -0.4 is 5.73 Å². The Bertz CT molecular complexity index is 115. The molecule has 1 atom stereocenters. The van der Waals surface area contributed by atoms with E-state index in [1.165, 1.54) is 0 Å². The van der Waals surface area contributed by atoms with Crippen LogP contribution in [0.15, 0.2) is 0 Å². The summed E-state index contributed by atoms with van der Waals surface area (Å²) < 4.78 is 4.81. The molecule has 11 heavy (non-hydrogen) atoms. The second kappa shape index (κ2) is 6.16. The zero-order chi connectivity index (χ0) is 8.69. The van der Waals surface area contributed by atoms with Crippen LogP contribution in [0, 0.1) is 6.92 Å². The molecule has 0 heterocycles. The molecule has 0 aliphatic carbocycles. The molecule has 0 aromatic rings. The summed E-state index contributed by atoms with van der Waals surface area (Å²) in [7, 11) is 0. The highest BCUT2D eigenvalue weighted by atomic mass is 16.5. The minimum absolute atomic E-state index is 0.310. The summed E-state index contributed by atoms with van der Waals surface area (Å²) in [5.74, 6) is -0.310. The third-order valence-corrected chi connectivity index (χ3v) is 1.27. The predicted molar refractivity (Wildman–Crippen MR) is 43.8 cm³/mol. The maximum Gasteiger partial charge on any atom is 0.322 e. The van der Waals surface area contributed by atoms with Gasteiger partial charge in [0.15, 0.2) is 0 Å². The molecule has 65 valence electrons. The molecule has 1 radical (unpaired) electrons. The molecule has 0 aromatic carbocycles. The summed E-state index contributed by atoms with van der Waals surface area (Å²) in [4.78, 5) is 10.9. The van der Waals surface area contributed by atoms with Gasteiger partial charge in [-0.25, -0.2) is 0 Å². The van der Waals surface area contributed by atoms with Crippen molar-refractivity contribution in [3.63, 3.8) is 0 Å². The lowest BCUT2D eigenvalue weighted by Gasteiger charge is -2.08. The number of rotatable bonds is 5. The van der Waals surface area contributed by atoms with E-state index in [0.29, 0.717) is 19.4 Å². The monoisotopic (exact) mass is 158 g/mol. The van der Waals surface area contributed by atoms with Crippen molar-refractivity contribution in [3.8, 4) is 0 Å². The van der Waals surface area contributed by atoms with Gasteiger partial charge in [0.2, 0.25) is 0 Å². The largest absolute Gasteiger partial charge is 0.465 e. The Hall–Kier alpha value is -0.570. The Morgan fingerprint density at radius 2 is 2.36 bits per heavy atom. The van der Waals surface area contributed by atoms with Crippen molar-refractivity contribution in [2.75, 3.05) is 6.61 Å². The van der Waals surface area contributed by atoms with Crippen molar-refractivity contribution in [2.24, 2.45) is 5.73 Å². The van der Waals surface area contributed by atoms with Gasteiger partial charge in [0.05, 0.1) is 6.61 Å². The molecule has 0 aromatic heterocycles. The van der Waals surface area contributed by atoms with Crippen LogP contribution in [0.5, 0.6) is 0 Å². The van der Waals surface area contributed by atoms with Crippen molar-refractivity contribution < 1.29 is 9.53 Å². The topological polar surface area (TPSA) is 52.3 Å². The molecular weight excluding hydrogens is 142 g/mol. The number of nitrogens with two attached hydrogens (primary N) is 1. The van der Waals surface area contributed by atoms with Crippen molar-refractivity contribution in [1.29, 1.82) is 0 Å². The molecule has 0 aliphatic heterocycles. The number of hydrogen-bond donors (Lipinski definition) is 1. The summed E-state index contributed by atoms with van der Waals surface area (Å²) >= 11 is 0. The molecule has 0 bridgehead atoms. The van der Waals surface area contributed by atoms with E-state index in [0.717, 1.165) is 6.42 Å². The average Bonchev–Trinajstić information content (AvgIpc) is 2.00. The Morgan fingerprint density at radius 3 is 2.82 bits per heavy atom. The highest BCUT2D eigenvalue weighted by molar-refractivity contribution is 5.75. The molecule has 0 saturated heterocycles. The minimum Gasteiger partial charge on any atom is -0.465 e. The van der Waals surface area contributed by atoms with E-state index >= 15 is 0 Å². The molecule has 0 fully saturated rings. The minimum atomic E-state index is -0.487. The van der Waals surface area contributed by atoms with E-state index in [1.807, 2.05) is 6.92 Å². The Balaban J connectivity index is 3.47. The number of carbonyl (C=O) groups excluding carboxylic acids is 1. The number of carbonyl (C=O) groups is 1. The smallest absolute Gasteiger partial charge is 0.322 e. The van der Waals surface area contributed by atoms with Gasteiger partial charge < -0.3 is 10.5 Å². The SMILES string of the molecule is [CH2]CCC(N)C(=O)OCCC. The summed E-state index contributed by atoms with van der Waals surface area (Å²) in [6, 6.07) is -0.487. The zero-order valence-corrected chi connectivity index (χ0v) is 7.01. The lowest BCUT2D eigenvalue weighted by Crippen LogP contribution is -2.32. The van der Waals surface area contributed by atoms with Crippen LogP contribution in [-0.4, -0.2) is 18.6 Å². The van der Waals surface area contributed by atoms with Crippen LogP contribution >= 0.6 is 0 Å². The molecule has 3 nitrogen and oxygen atoms in total. The van der Waals surface area contributed by atoms with Crippen LogP contribution in [0.4, 0.5) is 0 Å². The molecule has 0 aliphatic rings. The molecule has 1 unspecified atom stereocenters.